The number of Topliss-reactive ketones (excluding diaryl/α,β-unsaturated/α-hetero) is 1. The van der Waals surface area contributed by atoms with E-state index in [4.69, 9.17) is 5.11 Å². The molecular weight excluding hydrogens is 254 g/mol. The van der Waals surface area contributed by atoms with E-state index in [1.165, 1.54) is 0 Å². The number of hydrogen-bond acceptors (Lipinski definition) is 2. The summed E-state index contributed by atoms with van der Waals surface area (Å²) in [5.74, 6) is -22.5. The molecule has 0 saturated carbocycles. The van der Waals surface area contributed by atoms with Crippen LogP contribution in [0.15, 0.2) is 10.8 Å². The van der Waals surface area contributed by atoms with Gasteiger partial charge in [0.25, 0.3) is 5.78 Å². The number of carbonyl (C=O) groups is 1. The minimum absolute atomic E-state index is 1.99. The van der Waals surface area contributed by atoms with Crippen molar-refractivity contribution in [3.05, 3.63) is 10.8 Å². The van der Waals surface area contributed by atoms with E-state index in [2.05, 4.69) is 11.6 Å². The van der Waals surface area contributed by atoms with Crippen LogP contribution in [0.3, 0.4) is 0 Å². The Morgan fingerprint density at radius 1 is 1.00 bits per heavy atom. The van der Waals surface area contributed by atoms with Crippen LogP contribution in [0.2, 0.25) is 0 Å². The zero-order valence-electron chi connectivity index (χ0n) is 6.50. The third-order valence-electron chi connectivity index (χ3n) is 1.78. The number of hydrogen-bond donors (Lipinski definition) is 1. The molecule has 0 amide bonds. The summed E-state index contributed by atoms with van der Waals surface area (Å²) in [4.78, 5) is 10.4. The van der Waals surface area contributed by atoms with Crippen LogP contribution in [-0.4, -0.2) is 28.7 Å². The summed E-state index contributed by atoms with van der Waals surface area (Å²) in [5.41, 5.74) is 0. The van der Waals surface area contributed by atoms with Crippen molar-refractivity contribution in [2.75, 3.05) is 0 Å². The van der Waals surface area contributed by atoms with Gasteiger partial charge in [0.1, 0.15) is 5.03 Å². The predicted octanol–water partition coefficient (Wildman–Crippen LogP) is 2.48. The van der Waals surface area contributed by atoms with Gasteiger partial charge in [-0.3, -0.25) is 4.79 Å². The average Bonchev–Trinajstić information content (AvgIpc) is 2.12. The van der Waals surface area contributed by atoms with Crippen molar-refractivity contribution < 1.29 is 36.2 Å². The number of aliphatic hydroxyl groups is 1. The number of carbonyl (C=O) groups excluding carboxylic acids is 1. The first-order valence-electron chi connectivity index (χ1n) is 3.25. The van der Waals surface area contributed by atoms with Gasteiger partial charge in [-0.1, -0.05) is 11.6 Å². The van der Waals surface area contributed by atoms with Crippen LogP contribution in [0.25, 0.3) is 0 Å². The van der Waals surface area contributed by atoms with Gasteiger partial charge in [0, 0.05) is 0 Å². The normalized spacial score (nSPS) is 28.1. The number of ketones is 1. The molecule has 0 radical (unpaired) electrons. The van der Waals surface area contributed by atoms with E-state index >= 15 is 0 Å². The van der Waals surface area contributed by atoms with Crippen LogP contribution in [0.1, 0.15) is 0 Å². The van der Waals surface area contributed by atoms with Crippen molar-refractivity contribution in [1.29, 1.82) is 0 Å². The largest absolute Gasteiger partial charge is 0.505 e. The lowest BCUT2D eigenvalue weighted by Crippen LogP contribution is -2.62. The maximum Gasteiger partial charge on any atom is 0.387 e. The summed E-state index contributed by atoms with van der Waals surface area (Å²) < 4.78 is 74.9. The Hall–Kier alpha value is -0.920. The lowest BCUT2D eigenvalue weighted by molar-refractivity contribution is -0.294. The van der Waals surface area contributed by atoms with Crippen LogP contribution in [0.4, 0.5) is 26.3 Å². The Morgan fingerprint density at radius 2 is 1.40 bits per heavy atom. The van der Waals surface area contributed by atoms with Crippen molar-refractivity contribution >= 4 is 17.4 Å². The molecule has 1 aliphatic carbocycles. The second-order valence-electron chi connectivity index (χ2n) is 2.71. The van der Waals surface area contributed by atoms with Gasteiger partial charge in [0.05, 0.1) is 0 Å². The molecule has 0 fully saturated rings. The van der Waals surface area contributed by atoms with Gasteiger partial charge in [-0.05, 0) is 0 Å². The first-order chi connectivity index (χ1) is 6.48. The van der Waals surface area contributed by atoms with Gasteiger partial charge < -0.3 is 5.11 Å². The molecule has 0 saturated heterocycles. The van der Waals surface area contributed by atoms with Gasteiger partial charge in [0.15, 0.2) is 5.76 Å². The van der Waals surface area contributed by atoms with Gasteiger partial charge in [-0.15, -0.1) is 0 Å². The highest BCUT2D eigenvalue weighted by Gasteiger charge is 2.80. The fraction of sp³-hybridized carbons (Fsp3) is 0.500. The second-order valence-corrected chi connectivity index (χ2v) is 3.09. The number of alkyl halides is 6. The van der Waals surface area contributed by atoms with Gasteiger partial charge in [-0.25, -0.2) is 0 Å². The third-order valence-corrected chi connectivity index (χ3v) is 2.13. The Bertz CT molecular complexity index is 361. The lowest BCUT2D eigenvalue weighted by Gasteiger charge is -2.34. The highest BCUT2D eigenvalue weighted by Crippen LogP contribution is 2.54. The lowest BCUT2D eigenvalue weighted by atomic mass is 9.92. The minimum Gasteiger partial charge on any atom is -0.505 e. The molecule has 1 aliphatic rings. The average molecular weight is 255 g/mol. The summed E-state index contributed by atoms with van der Waals surface area (Å²) in [6.45, 7) is 0. The molecule has 0 spiro atoms. The van der Waals surface area contributed by atoms with E-state index in [1.807, 2.05) is 0 Å². The van der Waals surface area contributed by atoms with Crippen LogP contribution in [0, 0.1) is 0 Å². The number of aliphatic hydroxyl groups excluding tert-OH is 1. The van der Waals surface area contributed by atoms with Crippen molar-refractivity contribution in [3.63, 3.8) is 0 Å². The molecule has 0 aromatic heterocycles. The smallest absolute Gasteiger partial charge is 0.387 e. The van der Waals surface area contributed by atoms with Crippen LogP contribution in [-0.2, 0) is 4.79 Å². The quantitative estimate of drug-likeness (QED) is 0.674. The standard InChI is InChI=1S/C6HClF6O2/c7-1-2(14)4(8,9)6(12,13)5(10,11)3(1)15/h14H. The first-order valence-corrected chi connectivity index (χ1v) is 3.63. The molecule has 1 N–H and O–H groups in total. The van der Waals surface area contributed by atoms with Crippen LogP contribution in [0.5, 0.6) is 0 Å². The third kappa shape index (κ3) is 1.17. The molecule has 0 bridgehead atoms. The predicted molar refractivity (Wildman–Crippen MR) is 35.4 cm³/mol. The maximum atomic E-state index is 12.5. The van der Waals surface area contributed by atoms with E-state index in [-0.39, 0.29) is 0 Å². The monoisotopic (exact) mass is 254 g/mol. The molecule has 2 nitrogen and oxygen atoms in total. The first kappa shape index (κ1) is 12.2. The highest BCUT2D eigenvalue weighted by molar-refractivity contribution is 6.44. The summed E-state index contributed by atoms with van der Waals surface area (Å²) in [7, 11) is 0. The minimum atomic E-state index is -6.01. The molecule has 0 aromatic carbocycles. The van der Waals surface area contributed by atoms with E-state index < -0.39 is 34.3 Å². The molecule has 9 heteroatoms. The fourth-order valence-electron chi connectivity index (χ4n) is 0.872. The zero-order valence-corrected chi connectivity index (χ0v) is 7.26. The van der Waals surface area contributed by atoms with Crippen molar-refractivity contribution in [2.24, 2.45) is 0 Å². The Morgan fingerprint density at radius 3 is 1.80 bits per heavy atom. The zero-order chi connectivity index (χ0) is 12.2. The summed E-state index contributed by atoms with van der Waals surface area (Å²) in [6.07, 6.45) is 0. The fourth-order valence-corrected chi connectivity index (χ4v) is 1.11. The Labute approximate surface area is 83.1 Å². The van der Waals surface area contributed by atoms with E-state index in [1.54, 1.807) is 0 Å². The number of allylic oxidation sites excluding steroid dienone is 2. The van der Waals surface area contributed by atoms with E-state index in [0.29, 0.717) is 0 Å². The SMILES string of the molecule is O=C1C(Cl)=C(O)C(F)(F)C(F)(F)C1(F)F. The second kappa shape index (κ2) is 2.81. The summed E-state index contributed by atoms with van der Waals surface area (Å²) >= 11 is 4.60. The van der Waals surface area contributed by atoms with Crippen molar-refractivity contribution in [1.82, 2.24) is 0 Å². The topological polar surface area (TPSA) is 37.3 Å². The molecule has 0 unspecified atom stereocenters. The summed E-state index contributed by atoms with van der Waals surface area (Å²) in [5, 5.41) is 6.42. The van der Waals surface area contributed by atoms with Crippen LogP contribution < -0.4 is 0 Å². The molecule has 0 aromatic rings. The molecular formula is C6HClF6O2. The molecule has 86 valence electrons. The molecule has 0 aliphatic heterocycles. The van der Waals surface area contributed by atoms with E-state index in [0.717, 1.165) is 0 Å². The number of halogens is 7. The van der Waals surface area contributed by atoms with Gasteiger partial charge in [0.2, 0.25) is 0 Å². The molecule has 15 heavy (non-hydrogen) atoms. The maximum absolute atomic E-state index is 12.5. The highest BCUT2D eigenvalue weighted by atomic mass is 35.5. The Kier molecular flexibility index (Phi) is 2.27. The van der Waals surface area contributed by atoms with Crippen molar-refractivity contribution in [3.8, 4) is 0 Å². The molecule has 1 rings (SSSR count). The van der Waals surface area contributed by atoms with Gasteiger partial charge in [-0.2, -0.15) is 26.3 Å². The van der Waals surface area contributed by atoms with Gasteiger partial charge >= 0.3 is 17.8 Å². The number of rotatable bonds is 0. The van der Waals surface area contributed by atoms with Crippen LogP contribution >= 0.6 is 11.6 Å². The molecule has 0 heterocycles. The summed E-state index contributed by atoms with van der Waals surface area (Å²) in [6, 6.07) is 0. The Balaban J connectivity index is 3.56. The van der Waals surface area contributed by atoms with E-state index in [9.17, 15) is 31.1 Å². The molecule has 0 atom stereocenters. The van der Waals surface area contributed by atoms with Crippen molar-refractivity contribution in [2.45, 2.75) is 17.8 Å².